The van der Waals surface area contributed by atoms with Crippen LogP contribution in [0, 0.1) is 11.3 Å². The molecule has 1 aromatic heterocycles. The Morgan fingerprint density at radius 1 is 1.17 bits per heavy atom. The van der Waals surface area contributed by atoms with Gasteiger partial charge in [-0.25, -0.2) is 19.5 Å². The number of amides is 2. The fraction of sp³-hybridized carbons (Fsp3) is 0.600. The maximum absolute atomic E-state index is 12.3. The molecule has 0 saturated heterocycles. The van der Waals surface area contributed by atoms with Crippen LogP contribution in [0.3, 0.4) is 0 Å². The zero-order valence-corrected chi connectivity index (χ0v) is 15.0. The van der Waals surface area contributed by atoms with Crippen LogP contribution in [0.2, 0.25) is 0 Å². The van der Waals surface area contributed by atoms with Crippen LogP contribution in [0.25, 0.3) is 0 Å². The summed E-state index contributed by atoms with van der Waals surface area (Å²) in [7, 11) is 0. The van der Waals surface area contributed by atoms with E-state index in [9.17, 15) is 9.59 Å². The molecule has 8 heteroatoms. The molecule has 1 heterocycles. The van der Waals surface area contributed by atoms with Crippen LogP contribution < -0.4 is 0 Å². The molecule has 7 nitrogen and oxygen atoms in total. The Balaban J connectivity index is 2.98. The molecule has 0 saturated carbocycles. The second-order valence-electron chi connectivity index (χ2n) is 6.79. The predicted octanol–water partition coefficient (Wildman–Crippen LogP) is 3.69. The summed E-state index contributed by atoms with van der Waals surface area (Å²) < 4.78 is 10.5. The van der Waals surface area contributed by atoms with Gasteiger partial charge in [0.1, 0.15) is 22.3 Å². The Morgan fingerprint density at radius 3 is 2.00 bits per heavy atom. The summed E-state index contributed by atoms with van der Waals surface area (Å²) in [6, 6.07) is 1.90. The summed E-state index contributed by atoms with van der Waals surface area (Å²) in [6.07, 6.45) is -1.64. The Bertz CT molecular complexity index is 592. The van der Waals surface area contributed by atoms with E-state index in [0.29, 0.717) is 5.01 Å². The van der Waals surface area contributed by atoms with Crippen LogP contribution in [0.1, 0.15) is 52.2 Å². The summed E-state index contributed by atoms with van der Waals surface area (Å²) in [6.45, 7) is 10.1. The van der Waals surface area contributed by atoms with E-state index in [0.717, 1.165) is 4.90 Å². The highest BCUT2D eigenvalue weighted by Crippen LogP contribution is 2.18. The first kappa shape index (κ1) is 18.9. The van der Waals surface area contributed by atoms with Crippen LogP contribution in [-0.4, -0.2) is 33.3 Å². The van der Waals surface area contributed by atoms with E-state index < -0.39 is 23.4 Å². The first-order valence-electron chi connectivity index (χ1n) is 6.99. The summed E-state index contributed by atoms with van der Waals surface area (Å²) in [4.78, 5) is 29.4. The Hall–Kier alpha value is -2.14. The fourth-order valence-corrected chi connectivity index (χ4v) is 2.12. The van der Waals surface area contributed by atoms with Gasteiger partial charge in [0.05, 0.1) is 6.54 Å². The van der Waals surface area contributed by atoms with Crippen molar-refractivity contribution in [2.75, 3.05) is 0 Å². The minimum Gasteiger partial charge on any atom is -0.443 e. The lowest BCUT2D eigenvalue weighted by Crippen LogP contribution is -2.43. The number of ether oxygens (including phenoxy) is 2. The van der Waals surface area contributed by atoms with Crippen molar-refractivity contribution in [3.63, 3.8) is 0 Å². The maximum Gasteiger partial charge on any atom is 0.420 e. The van der Waals surface area contributed by atoms with Crippen LogP contribution in [0.15, 0.2) is 5.38 Å². The number of imide groups is 1. The normalized spacial score (nSPS) is 11.5. The van der Waals surface area contributed by atoms with Gasteiger partial charge < -0.3 is 9.47 Å². The predicted molar refractivity (Wildman–Crippen MR) is 84.8 cm³/mol. The molecular weight excluding hydrogens is 318 g/mol. The molecule has 0 spiro atoms. The molecule has 0 aliphatic carbocycles. The molecule has 126 valence electrons. The molecule has 0 aliphatic rings. The van der Waals surface area contributed by atoms with E-state index in [4.69, 9.17) is 14.7 Å². The highest BCUT2D eigenvalue weighted by atomic mass is 32.1. The average Bonchev–Trinajstić information content (AvgIpc) is 2.79. The molecule has 0 fully saturated rings. The minimum absolute atomic E-state index is 0.115. The maximum atomic E-state index is 12.3. The van der Waals surface area contributed by atoms with Gasteiger partial charge in [-0.2, -0.15) is 5.26 Å². The minimum atomic E-state index is -0.819. The van der Waals surface area contributed by atoms with Crippen molar-refractivity contribution in [1.29, 1.82) is 5.26 Å². The molecule has 0 atom stereocenters. The van der Waals surface area contributed by atoms with Crippen molar-refractivity contribution >= 4 is 23.5 Å². The second-order valence-corrected chi connectivity index (χ2v) is 7.73. The SMILES string of the molecule is CC(C)(C)OC(=O)N(Cc1nc(C#N)cs1)C(=O)OC(C)(C)C. The Labute approximate surface area is 139 Å². The fourth-order valence-electron chi connectivity index (χ4n) is 1.41. The topological polar surface area (TPSA) is 92.5 Å². The van der Waals surface area contributed by atoms with Crippen molar-refractivity contribution < 1.29 is 19.1 Å². The number of thiazole rings is 1. The van der Waals surface area contributed by atoms with Gasteiger partial charge in [0, 0.05) is 5.38 Å². The third kappa shape index (κ3) is 6.65. The lowest BCUT2D eigenvalue weighted by Gasteiger charge is -2.28. The van der Waals surface area contributed by atoms with Crippen molar-refractivity contribution in [1.82, 2.24) is 9.88 Å². The number of nitriles is 1. The first-order chi connectivity index (χ1) is 10.4. The van der Waals surface area contributed by atoms with Gasteiger partial charge in [-0.1, -0.05) is 0 Å². The van der Waals surface area contributed by atoms with E-state index >= 15 is 0 Å². The van der Waals surface area contributed by atoms with Crippen LogP contribution >= 0.6 is 11.3 Å². The van der Waals surface area contributed by atoms with Gasteiger partial charge in [-0.3, -0.25) is 0 Å². The van der Waals surface area contributed by atoms with E-state index in [1.165, 1.54) is 11.3 Å². The van der Waals surface area contributed by atoms with E-state index in [-0.39, 0.29) is 12.2 Å². The molecule has 0 unspecified atom stereocenters. The molecule has 0 N–H and O–H groups in total. The number of carbonyl (C=O) groups excluding carboxylic acids is 2. The van der Waals surface area contributed by atoms with Crippen LogP contribution in [0.4, 0.5) is 9.59 Å². The molecule has 2 amide bonds. The Morgan fingerprint density at radius 2 is 1.65 bits per heavy atom. The number of nitrogens with zero attached hydrogens (tertiary/aromatic N) is 3. The number of hydrogen-bond acceptors (Lipinski definition) is 7. The molecular formula is C15H21N3O4S. The zero-order chi connectivity index (χ0) is 17.8. The van der Waals surface area contributed by atoms with Crippen molar-refractivity contribution in [3.05, 3.63) is 16.1 Å². The van der Waals surface area contributed by atoms with Gasteiger partial charge >= 0.3 is 12.2 Å². The summed E-state index contributed by atoms with van der Waals surface area (Å²) in [5, 5.41) is 10.8. The summed E-state index contributed by atoms with van der Waals surface area (Å²) in [5.74, 6) is 0. The number of aromatic nitrogens is 1. The van der Waals surface area contributed by atoms with Crippen LogP contribution in [-0.2, 0) is 16.0 Å². The lowest BCUT2D eigenvalue weighted by molar-refractivity contribution is -0.000259. The van der Waals surface area contributed by atoms with Crippen LogP contribution in [0.5, 0.6) is 0 Å². The molecule has 0 aromatic carbocycles. The monoisotopic (exact) mass is 339 g/mol. The average molecular weight is 339 g/mol. The number of rotatable bonds is 2. The van der Waals surface area contributed by atoms with Crippen molar-refractivity contribution in [3.8, 4) is 6.07 Å². The first-order valence-corrected chi connectivity index (χ1v) is 7.87. The van der Waals surface area contributed by atoms with E-state index in [1.807, 2.05) is 6.07 Å². The third-order valence-corrected chi connectivity index (χ3v) is 3.02. The smallest absolute Gasteiger partial charge is 0.420 e. The van der Waals surface area contributed by atoms with Gasteiger partial charge in [-0.05, 0) is 41.5 Å². The van der Waals surface area contributed by atoms with Crippen molar-refractivity contribution in [2.45, 2.75) is 59.3 Å². The lowest BCUT2D eigenvalue weighted by atomic mass is 10.2. The standard InChI is InChI=1S/C15H21N3O4S/c1-14(2,3)21-12(19)18(13(20)22-15(4,5)6)8-11-17-10(7-16)9-23-11/h9H,8H2,1-6H3. The summed E-state index contributed by atoms with van der Waals surface area (Å²) >= 11 is 1.18. The quantitative estimate of drug-likeness (QED) is 0.816. The summed E-state index contributed by atoms with van der Waals surface area (Å²) in [5.41, 5.74) is -1.27. The Kier molecular flexibility index (Phi) is 5.72. The van der Waals surface area contributed by atoms with E-state index in [1.54, 1.807) is 46.9 Å². The molecule has 0 radical (unpaired) electrons. The number of carbonyl (C=O) groups is 2. The molecule has 0 aliphatic heterocycles. The van der Waals surface area contributed by atoms with Gasteiger partial charge in [0.15, 0.2) is 5.69 Å². The van der Waals surface area contributed by atoms with Gasteiger partial charge in [-0.15, -0.1) is 11.3 Å². The molecule has 1 aromatic rings. The molecule has 0 bridgehead atoms. The highest BCUT2D eigenvalue weighted by molar-refractivity contribution is 7.09. The molecule has 23 heavy (non-hydrogen) atoms. The van der Waals surface area contributed by atoms with E-state index in [2.05, 4.69) is 4.98 Å². The van der Waals surface area contributed by atoms with Gasteiger partial charge in [0.25, 0.3) is 0 Å². The third-order valence-electron chi connectivity index (χ3n) is 2.19. The highest BCUT2D eigenvalue weighted by Gasteiger charge is 2.31. The molecule has 1 rings (SSSR count). The number of hydrogen-bond donors (Lipinski definition) is 0. The largest absolute Gasteiger partial charge is 0.443 e. The zero-order valence-electron chi connectivity index (χ0n) is 14.2. The van der Waals surface area contributed by atoms with Gasteiger partial charge in [0.2, 0.25) is 0 Å². The second kappa shape index (κ2) is 6.96. The van der Waals surface area contributed by atoms with Crippen molar-refractivity contribution in [2.24, 2.45) is 0 Å².